The first-order valence-corrected chi connectivity index (χ1v) is 7.17. The monoisotopic (exact) mass is 257 g/mol. The second-order valence-electron chi connectivity index (χ2n) is 4.65. The molecule has 1 aromatic carbocycles. The molecule has 0 spiro atoms. The molecule has 1 aromatic heterocycles. The lowest BCUT2D eigenvalue weighted by molar-refractivity contribution is -0.118. The van der Waals surface area contributed by atoms with Crippen LogP contribution in [-0.2, 0) is 24.1 Å². The SMILES string of the molecule is CCc1ccc(-c2nc3c(s2)CC(=O)CC3)cc1. The van der Waals surface area contributed by atoms with E-state index in [4.69, 9.17) is 0 Å². The third-order valence-electron chi connectivity index (χ3n) is 3.39. The molecule has 0 saturated carbocycles. The molecule has 0 radical (unpaired) electrons. The van der Waals surface area contributed by atoms with E-state index in [2.05, 4.69) is 36.2 Å². The van der Waals surface area contributed by atoms with Crippen molar-refractivity contribution in [3.05, 3.63) is 40.4 Å². The number of thiazole rings is 1. The van der Waals surface area contributed by atoms with Crippen LogP contribution in [0.5, 0.6) is 0 Å². The Kier molecular flexibility index (Phi) is 3.00. The maximum atomic E-state index is 11.4. The van der Waals surface area contributed by atoms with Gasteiger partial charge in [-0.25, -0.2) is 4.98 Å². The topological polar surface area (TPSA) is 30.0 Å². The van der Waals surface area contributed by atoms with Crippen LogP contribution in [0.1, 0.15) is 29.5 Å². The molecule has 3 heteroatoms. The number of aromatic nitrogens is 1. The molecule has 2 nitrogen and oxygen atoms in total. The van der Waals surface area contributed by atoms with Crippen LogP contribution < -0.4 is 0 Å². The third kappa shape index (κ3) is 2.10. The minimum absolute atomic E-state index is 0.346. The van der Waals surface area contributed by atoms with Crippen molar-refractivity contribution >= 4 is 17.1 Å². The molecule has 1 aliphatic rings. The fourth-order valence-corrected chi connectivity index (χ4v) is 3.39. The number of benzene rings is 1. The Morgan fingerprint density at radius 1 is 1.22 bits per heavy atom. The standard InChI is InChI=1S/C15H15NOS/c1-2-10-3-5-11(6-4-10)15-16-13-8-7-12(17)9-14(13)18-15/h3-6H,2,7-9H2,1H3. The van der Waals surface area contributed by atoms with Gasteiger partial charge in [-0.15, -0.1) is 11.3 Å². The number of hydrogen-bond acceptors (Lipinski definition) is 3. The molecule has 1 heterocycles. The summed E-state index contributed by atoms with van der Waals surface area (Å²) >= 11 is 1.67. The third-order valence-corrected chi connectivity index (χ3v) is 4.53. The number of fused-ring (bicyclic) bond motifs is 1. The maximum absolute atomic E-state index is 11.4. The summed E-state index contributed by atoms with van der Waals surface area (Å²) in [5.74, 6) is 0.346. The Bertz CT molecular complexity index is 583. The molecule has 0 saturated heterocycles. The van der Waals surface area contributed by atoms with Crippen LogP contribution in [0.4, 0.5) is 0 Å². The van der Waals surface area contributed by atoms with Gasteiger partial charge in [0.05, 0.1) is 5.69 Å². The van der Waals surface area contributed by atoms with Gasteiger partial charge in [0.1, 0.15) is 10.8 Å². The molecule has 0 amide bonds. The van der Waals surface area contributed by atoms with Crippen LogP contribution in [-0.4, -0.2) is 10.8 Å². The number of nitrogens with zero attached hydrogens (tertiary/aromatic N) is 1. The van der Waals surface area contributed by atoms with Gasteiger partial charge in [-0.05, 0) is 18.4 Å². The highest BCUT2D eigenvalue weighted by Crippen LogP contribution is 2.31. The van der Waals surface area contributed by atoms with Crippen molar-refractivity contribution in [3.63, 3.8) is 0 Å². The fourth-order valence-electron chi connectivity index (χ4n) is 2.25. The van der Waals surface area contributed by atoms with E-state index < -0.39 is 0 Å². The Morgan fingerprint density at radius 3 is 2.72 bits per heavy atom. The number of hydrogen-bond donors (Lipinski definition) is 0. The minimum atomic E-state index is 0.346. The normalized spacial score (nSPS) is 14.6. The highest BCUT2D eigenvalue weighted by Gasteiger charge is 2.20. The summed E-state index contributed by atoms with van der Waals surface area (Å²) in [6.45, 7) is 2.16. The predicted octanol–water partition coefficient (Wildman–Crippen LogP) is 3.43. The molecular weight excluding hydrogens is 242 g/mol. The van der Waals surface area contributed by atoms with Gasteiger partial charge in [0, 0.05) is 23.3 Å². The van der Waals surface area contributed by atoms with Gasteiger partial charge in [-0.1, -0.05) is 31.2 Å². The first kappa shape index (κ1) is 11.6. The summed E-state index contributed by atoms with van der Waals surface area (Å²) < 4.78 is 0. The van der Waals surface area contributed by atoms with Crippen molar-refractivity contribution < 1.29 is 4.79 Å². The minimum Gasteiger partial charge on any atom is -0.299 e. The Balaban J connectivity index is 1.94. The van der Waals surface area contributed by atoms with Crippen LogP contribution in [0.15, 0.2) is 24.3 Å². The van der Waals surface area contributed by atoms with E-state index >= 15 is 0 Å². The number of carbonyl (C=O) groups is 1. The molecule has 3 rings (SSSR count). The van der Waals surface area contributed by atoms with Crippen molar-refractivity contribution in [1.29, 1.82) is 0 Å². The van der Waals surface area contributed by atoms with Gasteiger partial charge in [0.15, 0.2) is 0 Å². The van der Waals surface area contributed by atoms with Crippen LogP contribution in [0.25, 0.3) is 10.6 Å². The lowest BCUT2D eigenvalue weighted by Crippen LogP contribution is -2.11. The molecule has 18 heavy (non-hydrogen) atoms. The zero-order valence-corrected chi connectivity index (χ0v) is 11.2. The predicted molar refractivity (Wildman–Crippen MR) is 74.0 cm³/mol. The summed E-state index contributed by atoms with van der Waals surface area (Å²) in [5, 5.41) is 1.05. The first-order valence-electron chi connectivity index (χ1n) is 6.36. The molecule has 1 aliphatic carbocycles. The first-order chi connectivity index (χ1) is 8.76. The number of rotatable bonds is 2. The van der Waals surface area contributed by atoms with E-state index in [0.29, 0.717) is 18.6 Å². The Morgan fingerprint density at radius 2 is 2.00 bits per heavy atom. The van der Waals surface area contributed by atoms with Crippen molar-refractivity contribution in [2.45, 2.75) is 32.6 Å². The Hall–Kier alpha value is -1.48. The second kappa shape index (κ2) is 4.65. The average molecular weight is 257 g/mol. The van der Waals surface area contributed by atoms with E-state index in [9.17, 15) is 4.79 Å². The smallest absolute Gasteiger partial charge is 0.138 e. The average Bonchev–Trinajstić information content (AvgIpc) is 2.81. The summed E-state index contributed by atoms with van der Waals surface area (Å²) in [4.78, 5) is 17.3. The van der Waals surface area contributed by atoms with Gasteiger partial charge in [0.25, 0.3) is 0 Å². The molecule has 0 unspecified atom stereocenters. The zero-order valence-electron chi connectivity index (χ0n) is 10.4. The molecule has 0 aliphatic heterocycles. The number of Topliss-reactive ketones (excluding diaryl/α,β-unsaturated/α-hetero) is 1. The largest absolute Gasteiger partial charge is 0.299 e. The van der Waals surface area contributed by atoms with E-state index in [0.717, 1.165) is 23.5 Å². The zero-order chi connectivity index (χ0) is 12.5. The van der Waals surface area contributed by atoms with E-state index in [1.54, 1.807) is 11.3 Å². The molecule has 2 aromatic rings. The van der Waals surface area contributed by atoms with Crippen LogP contribution >= 0.6 is 11.3 Å². The van der Waals surface area contributed by atoms with E-state index in [1.165, 1.54) is 16.0 Å². The quantitative estimate of drug-likeness (QED) is 0.825. The van der Waals surface area contributed by atoms with Crippen molar-refractivity contribution in [2.75, 3.05) is 0 Å². The van der Waals surface area contributed by atoms with Crippen LogP contribution in [0, 0.1) is 0 Å². The van der Waals surface area contributed by atoms with Gasteiger partial charge in [-0.2, -0.15) is 0 Å². The van der Waals surface area contributed by atoms with Crippen molar-refractivity contribution in [2.24, 2.45) is 0 Å². The summed E-state index contributed by atoms with van der Waals surface area (Å²) in [6, 6.07) is 8.57. The summed E-state index contributed by atoms with van der Waals surface area (Å²) in [5.41, 5.74) is 3.64. The molecular formula is C15H15NOS. The number of ketones is 1. The maximum Gasteiger partial charge on any atom is 0.138 e. The Labute approximate surface area is 111 Å². The van der Waals surface area contributed by atoms with Gasteiger partial charge in [-0.3, -0.25) is 4.79 Å². The molecule has 0 atom stereocenters. The van der Waals surface area contributed by atoms with Crippen molar-refractivity contribution in [1.82, 2.24) is 4.98 Å². The second-order valence-corrected chi connectivity index (χ2v) is 5.74. The highest BCUT2D eigenvalue weighted by atomic mass is 32.1. The van der Waals surface area contributed by atoms with Gasteiger partial charge >= 0.3 is 0 Å². The molecule has 0 fully saturated rings. The molecule has 0 N–H and O–H groups in total. The number of carbonyl (C=O) groups excluding carboxylic acids is 1. The fraction of sp³-hybridized carbons (Fsp3) is 0.333. The van der Waals surface area contributed by atoms with E-state index in [1.807, 2.05) is 0 Å². The van der Waals surface area contributed by atoms with Crippen LogP contribution in [0.2, 0.25) is 0 Å². The van der Waals surface area contributed by atoms with Crippen molar-refractivity contribution in [3.8, 4) is 10.6 Å². The molecule has 0 bridgehead atoms. The molecule has 92 valence electrons. The van der Waals surface area contributed by atoms with E-state index in [-0.39, 0.29) is 0 Å². The lowest BCUT2D eigenvalue weighted by Gasteiger charge is -2.06. The summed E-state index contributed by atoms with van der Waals surface area (Å²) in [6.07, 6.45) is 3.12. The highest BCUT2D eigenvalue weighted by molar-refractivity contribution is 7.15. The van der Waals surface area contributed by atoms with Crippen LogP contribution in [0.3, 0.4) is 0 Å². The van der Waals surface area contributed by atoms with Gasteiger partial charge in [0.2, 0.25) is 0 Å². The van der Waals surface area contributed by atoms with Gasteiger partial charge < -0.3 is 0 Å². The number of aryl methyl sites for hydroxylation is 2. The summed E-state index contributed by atoms with van der Waals surface area (Å²) in [7, 11) is 0. The lowest BCUT2D eigenvalue weighted by atomic mass is 10.0.